The average molecular weight is 1380 g/mol. The van der Waals surface area contributed by atoms with E-state index < -0.39 is 51.1 Å². The van der Waals surface area contributed by atoms with Gasteiger partial charge in [0.15, 0.2) is 6.10 Å². The third-order valence-electron chi connectivity index (χ3n) is 20.4. The van der Waals surface area contributed by atoms with Crippen LogP contribution in [0.25, 0.3) is 0 Å². The van der Waals surface area contributed by atoms with Gasteiger partial charge in [0.05, 0.1) is 13.2 Å². The molecule has 0 aromatic carbocycles. The molecule has 0 heterocycles. The van der Waals surface area contributed by atoms with Crippen LogP contribution >= 0.6 is 7.82 Å². The van der Waals surface area contributed by atoms with Crippen molar-refractivity contribution in [3.05, 3.63) is 0 Å². The molecule has 0 aliphatic carbocycles. The number of unbranched alkanes of at least 4 members (excludes halogenated alkanes) is 70. The summed E-state index contributed by atoms with van der Waals surface area (Å²) < 4.78 is 33.3. The van der Waals surface area contributed by atoms with E-state index in [9.17, 15) is 23.8 Å². The molecule has 0 aromatic heterocycles. The second-order valence-electron chi connectivity index (χ2n) is 30.0. The Kier molecular flexibility index (Phi) is 77.9. The maximum absolute atomic E-state index is 12.9. The van der Waals surface area contributed by atoms with Crippen molar-refractivity contribution in [2.24, 2.45) is 5.73 Å². The zero-order valence-electron chi connectivity index (χ0n) is 64.3. The summed E-state index contributed by atoms with van der Waals surface area (Å²) in [7, 11) is -4.73. The van der Waals surface area contributed by atoms with Crippen LogP contribution in [0.5, 0.6) is 0 Å². The first-order valence-electron chi connectivity index (χ1n) is 43.1. The van der Waals surface area contributed by atoms with E-state index in [4.69, 9.17) is 29.4 Å². The lowest BCUT2D eigenvalue weighted by Gasteiger charge is -2.20. The van der Waals surface area contributed by atoms with Crippen molar-refractivity contribution < 1.29 is 47.5 Å². The van der Waals surface area contributed by atoms with Gasteiger partial charge < -0.3 is 25.2 Å². The molecular weight excluding hydrogens is 1210 g/mol. The van der Waals surface area contributed by atoms with Crippen molar-refractivity contribution in [1.82, 2.24) is 0 Å². The Hall–Kier alpha value is -1.52. The minimum Gasteiger partial charge on any atom is -0.480 e. The SMILES string of the molecule is CCCCCCCCCCCCCCCCCCCCCCCCCCCCCCCCCCCCCCC(=O)OC[C@H](COP(=O)(O)OC[C@H](N)C(=O)O)OC(=O)CCCCCCCCCCCCCCCCCCCCCCCCCCCCCCCCCCCCCC. The molecule has 12 heteroatoms. The first-order chi connectivity index (χ1) is 47.1. The second-order valence-corrected chi connectivity index (χ2v) is 31.5. The van der Waals surface area contributed by atoms with E-state index in [-0.39, 0.29) is 19.4 Å². The standard InChI is InChI=1S/C84H166NO10P/c1-3-5-7-9-11-13-15-17-19-21-23-25-27-29-31-33-35-37-39-41-43-45-47-49-51-53-55-57-59-61-63-65-67-69-71-73-75-82(86)92-77-80(78-93-96(90,91)94-79-81(85)84(88)89)95-83(87)76-74-72-70-68-66-64-62-60-58-56-54-52-50-48-46-44-42-40-38-36-34-32-30-28-26-24-22-20-18-16-14-12-10-8-6-4-2/h80-81H,3-79,85H2,1-2H3,(H,88,89)(H,90,91)/t80-,81+/m1/s1. The van der Waals surface area contributed by atoms with Crippen molar-refractivity contribution in [3.63, 3.8) is 0 Å². The highest BCUT2D eigenvalue weighted by atomic mass is 31.2. The van der Waals surface area contributed by atoms with Crippen LogP contribution in [0.4, 0.5) is 0 Å². The predicted molar refractivity (Wildman–Crippen MR) is 411 cm³/mol. The first kappa shape index (κ1) is 94.5. The third kappa shape index (κ3) is 78.2. The summed E-state index contributed by atoms with van der Waals surface area (Å²) in [6.45, 7) is 2.94. The van der Waals surface area contributed by atoms with Gasteiger partial charge in [-0.1, -0.05) is 463 Å². The largest absolute Gasteiger partial charge is 0.480 e. The van der Waals surface area contributed by atoms with Crippen molar-refractivity contribution in [1.29, 1.82) is 0 Å². The molecule has 4 N–H and O–H groups in total. The number of phosphoric acid groups is 1. The van der Waals surface area contributed by atoms with Gasteiger partial charge in [-0.05, 0) is 12.8 Å². The lowest BCUT2D eigenvalue weighted by atomic mass is 10.0. The minimum absolute atomic E-state index is 0.171. The van der Waals surface area contributed by atoms with E-state index in [1.807, 2.05) is 0 Å². The Morgan fingerprint density at radius 2 is 0.458 bits per heavy atom. The molecule has 0 aliphatic heterocycles. The van der Waals surface area contributed by atoms with Crippen LogP contribution in [0.15, 0.2) is 0 Å². The van der Waals surface area contributed by atoms with E-state index in [0.717, 1.165) is 38.5 Å². The molecule has 0 spiro atoms. The van der Waals surface area contributed by atoms with Gasteiger partial charge in [-0.3, -0.25) is 23.4 Å². The van der Waals surface area contributed by atoms with E-state index >= 15 is 0 Å². The average Bonchev–Trinajstić information content (AvgIpc) is 3.78. The molecule has 96 heavy (non-hydrogen) atoms. The summed E-state index contributed by atoms with van der Waals surface area (Å²) in [5, 5.41) is 9.01. The summed E-state index contributed by atoms with van der Waals surface area (Å²) in [5.74, 6) is -2.33. The Morgan fingerprint density at radius 3 is 0.656 bits per heavy atom. The monoisotopic (exact) mass is 1380 g/mol. The molecule has 0 aliphatic rings. The molecule has 0 radical (unpaired) electrons. The highest BCUT2D eigenvalue weighted by Crippen LogP contribution is 2.43. The van der Waals surface area contributed by atoms with Crippen LogP contribution in [0, 0.1) is 0 Å². The topological polar surface area (TPSA) is 172 Å². The molecule has 11 nitrogen and oxygen atoms in total. The molecule has 0 fully saturated rings. The summed E-state index contributed by atoms with van der Waals surface area (Å²) in [6, 6.07) is -1.52. The van der Waals surface area contributed by atoms with Gasteiger partial charge in [0.1, 0.15) is 12.6 Å². The number of rotatable bonds is 84. The fourth-order valence-electron chi connectivity index (χ4n) is 13.8. The number of carboxylic acids is 1. The molecule has 572 valence electrons. The highest BCUT2D eigenvalue weighted by molar-refractivity contribution is 7.47. The number of phosphoric ester groups is 1. The lowest BCUT2D eigenvalue weighted by Crippen LogP contribution is -2.34. The number of carbonyl (C=O) groups excluding carboxylic acids is 2. The molecule has 0 amide bonds. The minimum atomic E-state index is -4.73. The van der Waals surface area contributed by atoms with Crippen molar-refractivity contribution in [2.75, 3.05) is 19.8 Å². The summed E-state index contributed by atoms with van der Waals surface area (Å²) in [6.07, 6.45) is 97.2. The Morgan fingerprint density at radius 1 is 0.281 bits per heavy atom. The predicted octanol–water partition coefficient (Wildman–Crippen LogP) is 27.9. The van der Waals surface area contributed by atoms with E-state index in [2.05, 4.69) is 13.8 Å². The summed E-state index contributed by atoms with van der Waals surface area (Å²) in [4.78, 5) is 46.8. The molecule has 0 rings (SSSR count). The van der Waals surface area contributed by atoms with E-state index in [1.54, 1.807) is 0 Å². The molecule has 0 saturated carbocycles. The summed E-state index contributed by atoms with van der Waals surface area (Å²) >= 11 is 0. The van der Waals surface area contributed by atoms with E-state index in [1.165, 1.54) is 411 Å². The molecule has 1 unspecified atom stereocenters. The quantitative estimate of drug-likeness (QED) is 0.0301. The van der Waals surface area contributed by atoms with Gasteiger partial charge in [0, 0.05) is 12.8 Å². The number of ether oxygens (including phenoxy) is 2. The zero-order valence-corrected chi connectivity index (χ0v) is 65.2. The third-order valence-corrected chi connectivity index (χ3v) is 21.3. The lowest BCUT2D eigenvalue weighted by molar-refractivity contribution is -0.161. The zero-order chi connectivity index (χ0) is 69.7. The first-order valence-corrected chi connectivity index (χ1v) is 44.6. The van der Waals surface area contributed by atoms with Gasteiger partial charge in [-0.25, -0.2) is 4.57 Å². The maximum atomic E-state index is 12.9. The fourth-order valence-corrected chi connectivity index (χ4v) is 14.6. The van der Waals surface area contributed by atoms with Crippen molar-refractivity contribution in [2.45, 2.75) is 501 Å². The van der Waals surface area contributed by atoms with Crippen LogP contribution in [-0.2, 0) is 37.5 Å². The van der Waals surface area contributed by atoms with Gasteiger partial charge in [0.2, 0.25) is 0 Å². The Balaban J connectivity index is 3.84. The van der Waals surface area contributed by atoms with Crippen molar-refractivity contribution >= 4 is 25.7 Å². The van der Waals surface area contributed by atoms with Crippen molar-refractivity contribution in [3.8, 4) is 0 Å². The van der Waals surface area contributed by atoms with E-state index in [0.29, 0.717) is 12.8 Å². The van der Waals surface area contributed by atoms with Gasteiger partial charge in [-0.15, -0.1) is 0 Å². The van der Waals surface area contributed by atoms with Gasteiger partial charge in [-0.2, -0.15) is 0 Å². The number of esters is 2. The number of hydrogen-bond donors (Lipinski definition) is 3. The maximum Gasteiger partial charge on any atom is 0.472 e. The summed E-state index contributed by atoms with van der Waals surface area (Å²) in [5.41, 5.74) is 5.41. The van der Waals surface area contributed by atoms with Crippen LogP contribution in [0.3, 0.4) is 0 Å². The molecular formula is C84H166NO10P. The molecule has 0 aromatic rings. The van der Waals surface area contributed by atoms with Gasteiger partial charge in [0.25, 0.3) is 0 Å². The number of nitrogens with two attached hydrogens (primary N) is 1. The number of carboxylic acid groups (broad SMARTS) is 1. The van der Waals surface area contributed by atoms with Crippen LogP contribution in [0.1, 0.15) is 489 Å². The number of carbonyl (C=O) groups is 3. The fraction of sp³-hybridized carbons (Fsp3) is 0.964. The highest BCUT2D eigenvalue weighted by Gasteiger charge is 2.28. The Labute approximate surface area is 596 Å². The van der Waals surface area contributed by atoms with Gasteiger partial charge >= 0.3 is 25.7 Å². The number of hydrogen-bond acceptors (Lipinski definition) is 9. The van der Waals surface area contributed by atoms with Crippen LogP contribution in [0.2, 0.25) is 0 Å². The smallest absolute Gasteiger partial charge is 0.472 e. The molecule has 0 saturated heterocycles. The van der Waals surface area contributed by atoms with Crippen LogP contribution < -0.4 is 5.73 Å². The second kappa shape index (κ2) is 79.2. The Bertz CT molecular complexity index is 1620. The number of aliphatic carboxylic acids is 1. The molecule has 3 atom stereocenters. The molecule has 0 bridgehead atoms. The normalized spacial score (nSPS) is 13.0. The van der Waals surface area contributed by atoms with Crippen LogP contribution in [-0.4, -0.2) is 59.9 Å².